The van der Waals surface area contributed by atoms with Crippen LogP contribution in [0, 0.1) is 0 Å². The molecule has 0 radical (unpaired) electrons. The fourth-order valence-electron chi connectivity index (χ4n) is 5.19. The molecular weight excluding hydrogens is 538 g/mol. The lowest BCUT2D eigenvalue weighted by molar-refractivity contribution is -0.119. The fourth-order valence-corrected chi connectivity index (χ4v) is 8.22. The first kappa shape index (κ1) is 29.2. The zero-order chi connectivity index (χ0) is 28.3. The molecule has 0 bridgehead atoms. The van der Waals surface area contributed by atoms with E-state index >= 15 is 0 Å². The van der Waals surface area contributed by atoms with Gasteiger partial charge in [-0.05, 0) is 69.4 Å². The van der Waals surface area contributed by atoms with Crippen molar-refractivity contribution in [2.75, 3.05) is 18.4 Å². The van der Waals surface area contributed by atoms with Crippen LogP contribution in [0.25, 0.3) is 0 Å². The predicted octanol–water partition coefficient (Wildman–Crippen LogP) is 3.50. The number of carbonyl (C=O) groups is 3. The second kappa shape index (κ2) is 12.2. The first-order valence-corrected chi connectivity index (χ1v) is 15.7. The monoisotopic (exact) mass is 575 g/mol. The molecule has 1 atom stereocenters. The summed E-state index contributed by atoms with van der Waals surface area (Å²) in [5, 5.41) is 3.26. The summed E-state index contributed by atoms with van der Waals surface area (Å²) in [5.74, 6) is -1.35. The number of piperidine rings is 1. The van der Waals surface area contributed by atoms with E-state index in [0.717, 1.165) is 42.7 Å². The Kier molecular flexibility index (Phi) is 9.10. The number of fused-ring (bicyclic) bond motifs is 1. The van der Waals surface area contributed by atoms with Crippen molar-refractivity contribution in [2.45, 2.75) is 83.3 Å². The van der Waals surface area contributed by atoms with Gasteiger partial charge in [-0.2, -0.15) is 4.31 Å². The number of carbonyl (C=O) groups excluding carboxylic acids is 3. The largest absolute Gasteiger partial charge is 0.313 e. The van der Waals surface area contributed by atoms with Gasteiger partial charge >= 0.3 is 0 Å². The highest BCUT2D eigenvalue weighted by molar-refractivity contribution is 7.89. The number of anilines is 1. The molecule has 3 N–H and O–H groups in total. The van der Waals surface area contributed by atoms with Crippen LogP contribution in [-0.4, -0.2) is 60.5 Å². The maximum Gasteiger partial charge on any atom is 0.272 e. The summed E-state index contributed by atoms with van der Waals surface area (Å²) in [7, 11) is -3.66. The average Bonchev–Trinajstić information content (AvgIpc) is 3.28. The first-order valence-electron chi connectivity index (χ1n) is 13.4. The molecule has 12 heteroatoms. The molecule has 0 spiro atoms. The maximum absolute atomic E-state index is 13.3. The number of hydrogen-bond donors (Lipinski definition) is 3. The van der Waals surface area contributed by atoms with E-state index in [-0.39, 0.29) is 16.5 Å². The third-order valence-electron chi connectivity index (χ3n) is 7.39. The van der Waals surface area contributed by atoms with Crippen molar-refractivity contribution in [3.63, 3.8) is 0 Å². The molecular formula is C27H37N5O5S2. The number of rotatable bonds is 7. The van der Waals surface area contributed by atoms with Crippen molar-refractivity contribution in [2.24, 2.45) is 0 Å². The summed E-state index contributed by atoms with van der Waals surface area (Å²) in [5.41, 5.74) is 6.22. The van der Waals surface area contributed by atoms with Crippen LogP contribution in [0.2, 0.25) is 0 Å². The fraction of sp³-hybridized carbons (Fsp3) is 0.519. The molecule has 3 amide bonds. The van der Waals surface area contributed by atoms with E-state index in [9.17, 15) is 22.8 Å². The van der Waals surface area contributed by atoms with Gasteiger partial charge in [0.25, 0.3) is 11.8 Å². The minimum atomic E-state index is -3.66. The Bertz CT molecular complexity index is 1340. The molecule has 10 nitrogen and oxygen atoms in total. The Labute approximate surface area is 234 Å². The number of hydrazine groups is 1. The Morgan fingerprint density at radius 3 is 2.41 bits per heavy atom. The minimum Gasteiger partial charge on any atom is -0.313 e. The van der Waals surface area contributed by atoms with E-state index < -0.39 is 27.7 Å². The number of benzene rings is 1. The van der Waals surface area contributed by atoms with Gasteiger partial charge in [0.1, 0.15) is 5.00 Å². The molecule has 4 rings (SSSR count). The SMILES string of the molecule is CCC1CCCCN1S(=O)(=O)c1ccc(C(=O)Nc2sc3c(c2C(=O)NNC(C)=O)CCN(C(C)C)C3)cc1. The molecule has 2 aliphatic heterocycles. The van der Waals surface area contributed by atoms with Crippen LogP contribution in [0.3, 0.4) is 0 Å². The highest BCUT2D eigenvalue weighted by Crippen LogP contribution is 2.38. The Balaban J connectivity index is 1.57. The molecule has 3 heterocycles. The van der Waals surface area contributed by atoms with Crippen LogP contribution < -0.4 is 16.2 Å². The quantitative estimate of drug-likeness (QED) is 0.434. The summed E-state index contributed by atoms with van der Waals surface area (Å²) in [6, 6.07) is 6.26. The molecule has 2 aliphatic rings. The van der Waals surface area contributed by atoms with Crippen molar-refractivity contribution < 1.29 is 22.8 Å². The number of nitrogens with one attached hydrogen (secondary N) is 3. The lowest BCUT2D eigenvalue weighted by atomic mass is 10.0. The molecule has 0 aliphatic carbocycles. The van der Waals surface area contributed by atoms with Crippen molar-refractivity contribution in [1.82, 2.24) is 20.1 Å². The predicted molar refractivity (Wildman–Crippen MR) is 151 cm³/mol. The highest BCUT2D eigenvalue weighted by Gasteiger charge is 2.33. The topological polar surface area (TPSA) is 128 Å². The zero-order valence-corrected chi connectivity index (χ0v) is 24.5. The molecule has 0 saturated carbocycles. The Hall–Kier alpha value is -2.80. The van der Waals surface area contributed by atoms with Gasteiger partial charge in [-0.3, -0.25) is 30.1 Å². The van der Waals surface area contributed by atoms with Crippen molar-refractivity contribution in [1.29, 1.82) is 0 Å². The molecule has 1 saturated heterocycles. The maximum atomic E-state index is 13.3. The van der Waals surface area contributed by atoms with Gasteiger partial charge in [0, 0.05) is 49.1 Å². The number of amides is 3. The van der Waals surface area contributed by atoms with Gasteiger partial charge in [0.15, 0.2) is 0 Å². The Morgan fingerprint density at radius 2 is 1.77 bits per heavy atom. The van der Waals surface area contributed by atoms with Crippen LogP contribution in [-0.2, 0) is 27.8 Å². The van der Waals surface area contributed by atoms with Crippen LogP contribution >= 0.6 is 11.3 Å². The molecule has 1 aromatic heterocycles. The van der Waals surface area contributed by atoms with E-state index in [1.165, 1.54) is 42.5 Å². The number of hydrogen-bond acceptors (Lipinski definition) is 7. The lowest BCUT2D eigenvalue weighted by Crippen LogP contribution is -2.43. The van der Waals surface area contributed by atoms with Crippen LogP contribution in [0.1, 0.15) is 84.5 Å². The molecule has 1 fully saturated rings. The smallest absolute Gasteiger partial charge is 0.272 e. The summed E-state index contributed by atoms with van der Waals surface area (Å²) in [4.78, 5) is 41.1. The van der Waals surface area contributed by atoms with Crippen molar-refractivity contribution in [3.8, 4) is 0 Å². The van der Waals surface area contributed by atoms with E-state index in [0.29, 0.717) is 36.1 Å². The zero-order valence-electron chi connectivity index (χ0n) is 22.9. The van der Waals surface area contributed by atoms with E-state index in [2.05, 4.69) is 34.9 Å². The van der Waals surface area contributed by atoms with Crippen molar-refractivity contribution in [3.05, 3.63) is 45.8 Å². The van der Waals surface area contributed by atoms with E-state index in [4.69, 9.17) is 0 Å². The van der Waals surface area contributed by atoms with Gasteiger partial charge in [-0.15, -0.1) is 11.3 Å². The highest BCUT2D eigenvalue weighted by atomic mass is 32.2. The third-order valence-corrected chi connectivity index (χ3v) is 10.5. The summed E-state index contributed by atoms with van der Waals surface area (Å²) < 4.78 is 28.2. The second-order valence-electron chi connectivity index (χ2n) is 10.3. The summed E-state index contributed by atoms with van der Waals surface area (Å²) in [6.45, 7) is 9.47. The summed E-state index contributed by atoms with van der Waals surface area (Å²) >= 11 is 1.35. The van der Waals surface area contributed by atoms with Crippen LogP contribution in [0.4, 0.5) is 5.00 Å². The molecule has 1 unspecified atom stereocenters. The third kappa shape index (κ3) is 6.34. The summed E-state index contributed by atoms with van der Waals surface area (Å²) in [6.07, 6.45) is 4.12. The average molecular weight is 576 g/mol. The molecule has 39 heavy (non-hydrogen) atoms. The standard InChI is InChI=1S/C27H37N5O5S2/c1-5-20-8-6-7-14-32(20)39(36,37)21-11-9-19(10-12-21)25(34)28-27-24(26(35)30-29-18(4)33)22-13-15-31(17(2)3)16-23(22)38-27/h9-12,17,20H,5-8,13-16H2,1-4H3,(H,28,34)(H,29,33)(H,30,35). The number of nitrogens with zero attached hydrogens (tertiary/aromatic N) is 2. The van der Waals surface area contributed by atoms with E-state index in [1.807, 2.05) is 6.92 Å². The number of sulfonamides is 1. The van der Waals surface area contributed by atoms with Crippen LogP contribution in [0.5, 0.6) is 0 Å². The number of thiophene rings is 1. The van der Waals surface area contributed by atoms with Crippen LogP contribution in [0.15, 0.2) is 29.2 Å². The van der Waals surface area contributed by atoms with Gasteiger partial charge < -0.3 is 5.32 Å². The first-order chi connectivity index (χ1) is 18.5. The van der Waals surface area contributed by atoms with Gasteiger partial charge in [-0.25, -0.2) is 8.42 Å². The second-order valence-corrected chi connectivity index (χ2v) is 13.3. The normalized spacial score (nSPS) is 18.4. The lowest BCUT2D eigenvalue weighted by Gasteiger charge is -2.34. The van der Waals surface area contributed by atoms with Gasteiger partial charge in [0.2, 0.25) is 15.9 Å². The van der Waals surface area contributed by atoms with Gasteiger partial charge in [-0.1, -0.05) is 13.3 Å². The van der Waals surface area contributed by atoms with Gasteiger partial charge in [0.05, 0.1) is 10.5 Å². The molecule has 2 aromatic rings. The minimum absolute atomic E-state index is 0.00901. The molecule has 1 aromatic carbocycles. The molecule has 212 valence electrons. The van der Waals surface area contributed by atoms with E-state index in [1.54, 1.807) is 4.31 Å². The van der Waals surface area contributed by atoms with Crippen molar-refractivity contribution >= 4 is 44.1 Å². The Morgan fingerprint density at radius 1 is 1.05 bits per heavy atom.